The van der Waals surface area contributed by atoms with Gasteiger partial charge in [-0.15, -0.1) is 0 Å². The molecule has 4 nitrogen and oxygen atoms in total. The van der Waals surface area contributed by atoms with Crippen molar-refractivity contribution in [2.75, 3.05) is 9.80 Å². The van der Waals surface area contributed by atoms with Gasteiger partial charge in [0.05, 0.1) is 22.4 Å². The highest BCUT2D eigenvalue weighted by molar-refractivity contribution is 6.17. The van der Waals surface area contributed by atoms with Crippen LogP contribution in [0.2, 0.25) is 0 Å². The Morgan fingerprint density at radius 2 is 0.827 bits per heavy atom. The fraction of sp³-hybridized carbons (Fsp3) is 0. The second-order valence-electron chi connectivity index (χ2n) is 12.9. The Morgan fingerprint density at radius 3 is 1.58 bits per heavy atom. The van der Waals surface area contributed by atoms with Gasteiger partial charge in [0.2, 0.25) is 0 Å². The molecule has 0 atom stereocenters. The van der Waals surface area contributed by atoms with Gasteiger partial charge in [-0.3, -0.25) is 0 Å². The first kappa shape index (κ1) is 29.8. The summed E-state index contributed by atoms with van der Waals surface area (Å²) >= 11 is 0. The van der Waals surface area contributed by atoms with Gasteiger partial charge in [0.15, 0.2) is 5.58 Å². The third-order valence-electron chi connectivity index (χ3n) is 9.84. The third kappa shape index (κ3) is 5.00. The molecular weight excluding hydrogens is 637 g/mol. The van der Waals surface area contributed by atoms with Crippen LogP contribution in [0.3, 0.4) is 0 Å². The van der Waals surface area contributed by atoms with Crippen molar-refractivity contribution in [3.05, 3.63) is 194 Å². The SMILES string of the molecule is c1ccc(-c2ccc(N(c3ccccc3)c3cccc4oc5c(N(c6ccccc6)c6ccc7c(c6)oc6ccccc67)cccc5c34)cc2)cc1. The molecule has 8 aromatic carbocycles. The Balaban J connectivity index is 1.16. The van der Waals surface area contributed by atoms with Crippen molar-refractivity contribution in [1.82, 2.24) is 0 Å². The van der Waals surface area contributed by atoms with Crippen molar-refractivity contribution in [2.45, 2.75) is 0 Å². The van der Waals surface area contributed by atoms with Crippen LogP contribution in [0.15, 0.2) is 203 Å². The number of anilines is 6. The quantitative estimate of drug-likeness (QED) is 0.169. The van der Waals surface area contributed by atoms with Crippen LogP contribution in [0.1, 0.15) is 0 Å². The summed E-state index contributed by atoms with van der Waals surface area (Å²) in [6, 6.07) is 67.7. The van der Waals surface area contributed by atoms with Crippen LogP contribution in [0.4, 0.5) is 34.1 Å². The molecular formula is C48H32N2O2. The molecule has 52 heavy (non-hydrogen) atoms. The lowest BCUT2D eigenvalue weighted by molar-refractivity contribution is 0.667. The molecule has 4 heteroatoms. The molecule has 0 saturated carbocycles. The number of hydrogen-bond acceptors (Lipinski definition) is 4. The molecule has 0 radical (unpaired) electrons. The number of hydrogen-bond donors (Lipinski definition) is 0. The summed E-state index contributed by atoms with van der Waals surface area (Å²) < 4.78 is 13.2. The van der Waals surface area contributed by atoms with Crippen LogP contribution in [0.5, 0.6) is 0 Å². The zero-order valence-corrected chi connectivity index (χ0v) is 28.2. The molecule has 0 aliphatic carbocycles. The second kappa shape index (κ2) is 12.4. The normalized spacial score (nSPS) is 11.5. The zero-order chi connectivity index (χ0) is 34.4. The van der Waals surface area contributed by atoms with Crippen molar-refractivity contribution in [2.24, 2.45) is 0 Å². The summed E-state index contributed by atoms with van der Waals surface area (Å²) in [5.74, 6) is 0. The maximum atomic E-state index is 6.89. The summed E-state index contributed by atoms with van der Waals surface area (Å²) in [7, 11) is 0. The smallest absolute Gasteiger partial charge is 0.159 e. The molecule has 0 aliphatic rings. The first-order valence-electron chi connectivity index (χ1n) is 17.5. The van der Waals surface area contributed by atoms with E-state index in [0.29, 0.717) is 0 Å². The first-order valence-corrected chi connectivity index (χ1v) is 17.5. The van der Waals surface area contributed by atoms with Crippen LogP contribution in [-0.4, -0.2) is 0 Å². The van der Waals surface area contributed by atoms with Crippen LogP contribution in [0, 0.1) is 0 Å². The van der Waals surface area contributed by atoms with Gasteiger partial charge in [-0.1, -0.05) is 115 Å². The van der Waals surface area contributed by atoms with Crippen molar-refractivity contribution in [3.8, 4) is 11.1 Å². The van der Waals surface area contributed by atoms with E-state index in [-0.39, 0.29) is 0 Å². The maximum absolute atomic E-state index is 6.89. The molecule has 0 unspecified atom stereocenters. The summed E-state index contributed by atoms with van der Waals surface area (Å²) in [6.45, 7) is 0. The maximum Gasteiger partial charge on any atom is 0.159 e. The number of rotatable bonds is 7. The van der Waals surface area contributed by atoms with E-state index in [1.807, 2.05) is 18.2 Å². The van der Waals surface area contributed by atoms with E-state index in [2.05, 4.69) is 186 Å². The number of benzene rings is 8. The molecule has 0 aliphatic heterocycles. The van der Waals surface area contributed by atoms with Gasteiger partial charge in [-0.2, -0.15) is 0 Å². The lowest BCUT2D eigenvalue weighted by Gasteiger charge is -2.26. The molecule has 10 rings (SSSR count). The number of para-hydroxylation sites is 4. The molecule has 0 spiro atoms. The molecule has 0 amide bonds. The summed E-state index contributed by atoms with van der Waals surface area (Å²) in [5, 5.41) is 4.29. The Hall–Kier alpha value is -7.04. The minimum atomic E-state index is 0.811. The molecule has 10 aromatic rings. The van der Waals surface area contributed by atoms with Gasteiger partial charge in [-0.05, 0) is 83.9 Å². The van der Waals surface area contributed by atoms with Gasteiger partial charge in [0.25, 0.3) is 0 Å². The van der Waals surface area contributed by atoms with E-state index >= 15 is 0 Å². The average molecular weight is 669 g/mol. The Morgan fingerprint density at radius 1 is 0.308 bits per heavy atom. The van der Waals surface area contributed by atoms with Gasteiger partial charge in [-0.25, -0.2) is 0 Å². The van der Waals surface area contributed by atoms with Crippen LogP contribution >= 0.6 is 0 Å². The monoisotopic (exact) mass is 668 g/mol. The van der Waals surface area contributed by atoms with E-state index < -0.39 is 0 Å². The van der Waals surface area contributed by atoms with Crippen molar-refractivity contribution >= 4 is 78.0 Å². The number of furan rings is 2. The van der Waals surface area contributed by atoms with Crippen molar-refractivity contribution in [3.63, 3.8) is 0 Å². The fourth-order valence-corrected chi connectivity index (χ4v) is 7.47. The highest BCUT2D eigenvalue weighted by Gasteiger charge is 2.24. The molecule has 0 bridgehead atoms. The van der Waals surface area contributed by atoms with E-state index in [1.54, 1.807) is 0 Å². The largest absolute Gasteiger partial charge is 0.456 e. The highest BCUT2D eigenvalue weighted by Crippen LogP contribution is 2.47. The van der Waals surface area contributed by atoms with Crippen LogP contribution < -0.4 is 9.80 Å². The van der Waals surface area contributed by atoms with Gasteiger partial charge in [0.1, 0.15) is 16.7 Å². The molecule has 0 saturated heterocycles. The number of nitrogens with zero attached hydrogens (tertiary/aromatic N) is 2. The molecule has 246 valence electrons. The third-order valence-corrected chi connectivity index (χ3v) is 9.84. The molecule has 0 N–H and O–H groups in total. The zero-order valence-electron chi connectivity index (χ0n) is 28.2. The topological polar surface area (TPSA) is 32.8 Å². The summed E-state index contributed by atoms with van der Waals surface area (Å²) in [6.07, 6.45) is 0. The highest BCUT2D eigenvalue weighted by atomic mass is 16.3. The average Bonchev–Trinajstić information content (AvgIpc) is 3.79. The summed E-state index contributed by atoms with van der Waals surface area (Å²) in [5.41, 5.74) is 11.9. The predicted octanol–water partition coefficient (Wildman–Crippen LogP) is 14.1. The molecule has 0 fully saturated rings. The van der Waals surface area contributed by atoms with Crippen LogP contribution in [0.25, 0.3) is 55.0 Å². The first-order chi connectivity index (χ1) is 25.8. The standard InChI is InChI=1S/C48H32N2O2/c1-4-14-33(15-5-1)34-26-28-37(29-27-34)49(35-16-6-2-7-17-35)42-22-13-25-45-47(42)41-21-12-23-43(48(41)52-45)50(36-18-8-3-9-19-36)38-30-31-40-39-20-10-11-24-44(39)51-46(40)32-38/h1-32H. The molecule has 2 aromatic heterocycles. The van der Waals surface area contributed by atoms with Gasteiger partial charge < -0.3 is 18.6 Å². The fourth-order valence-electron chi connectivity index (χ4n) is 7.47. The Kier molecular flexibility index (Phi) is 7.10. The van der Waals surface area contributed by atoms with E-state index in [9.17, 15) is 0 Å². The van der Waals surface area contributed by atoms with E-state index in [4.69, 9.17) is 8.83 Å². The van der Waals surface area contributed by atoms with E-state index in [0.717, 1.165) is 78.0 Å². The number of fused-ring (bicyclic) bond motifs is 6. The molecule has 2 heterocycles. The van der Waals surface area contributed by atoms with Crippen molar-refractivity contribution in [1.29, 1.82) is 0 Å². The Bertz CT molecular complexity index is 2840. The van der Waals surface area contributed by atoms with Gasteiger partial charge >= 0.3 is 0 Å². The second-order valence-corrected chi connectivity index (χ2v) is 12.9. The lowest BCUT2D eigenvalue weighted by Crippen LogP contribution is -2.10. The van der Waals surface area contributed by atoms with Crippen molar-refractivity contribution < 1.29 is 8.83 Å². The van der Waals surface area contributed by atoms with Gasteiger partial charge in [0, 0.05) is 39.3 Å². The lowest BCUT2D eigenvalue weighted by atomic mass is 10.0. The predicted molar refractivity (Wildman–Crippen MR) is 216 cm³/mol. The van der Waals surface area contributed by atoms with Crippen LogP contribution in [-0.2, 0) is 0 Å². The van der Waals surface area contributed by atoms with E-state index in [1.165, 1.54) is 11.1 Å². The summed E-state index contributed by atoms with van der Waals surface area (Å²) in [4.78, 5) is 4.58. The minimum Gasteiger partial charge on any atom is -0.456 e. The Labute approximate surface area is 301 Å². The minimum absolute atomic E-state index is 0.811.